The summed E-state index contributed by atoms with van der Waals surface area (Å²) in [4.78, 5) is 0. The summed E-state index contributed by atoms with van der Waals surface area (Å²) in [5.41, 5.74) is 2.66. The summed E-state index contributed by atoms with van der Waals surface area (Å²) < 4.78 is 5.92. The highest BCUT2D eigenvalue weighted by Crippen LogP contribution is 2.24. The molecule has 1 aliphatic heterocycles. The normalized spacial score (nSPS) is 18.7. The molecule has 3 rings (SSSR count). The summed E-state index contributed by atoms with van der Waals surface area (Å²) in [5.74, 6) is 1.44. The van der Waals surface area contributed by atoms with Crippen LogP contribution < -0.4 is 10.1 Å². The van der Waals surface area contributed by atoms with Crippen LogP contribution in [0.2, 0.25) is 5.02 Å². The largest absolute Gasteiger partial charge is 0.494 e. The first kappa shape index (κ1) is 18.3. The molecule has 1 saturated heterocycles. The maximum absolute atomic E-state index is 5.96. The van der Waals surface area contributed by atoms with Gasteiger partial charge in [-0.25, -0.2) is 0 Å². The molecule has 3 heteroatoms. The molecule has 2 atom stereocenters. The van der Waals surface area contributed by atoms with E-state index in [-0.39, 0.29) is 0 Å². The van der Waals surface area contributed by atoms with Crippen LogP contribution in [0.1, 0.15) is 49.7 Å². The summed E-state index contributed by atoms with van der Waals surface area (Å²) >= 11 is 5.96. The zero-order chi connectivity index (χ0) is 17.5. The summed E-state index contributed by atoms with van der Waals surface area (Å²) in [6.45, 7) is 4.21. The summed E-state index contributed by atoms with van der Waals surface area (Å²) in [7, 11) is 0. The van der Waals surface area contributed by atoms with Crippen LogP contribution in [0.15, 0.2) is 48.5 Å². The number of hydrogen-bond acceptors (Lipinski definition) is 2. The van der Waals surface area contributed by atoms with Crippen molar-refractivity contribution in [3.8, 4) is 5.75 Å². The third kappa shape index (κ3) is 5.76. The number of ether oxygens (including phenoxy) is 1. The van der Waals surface area contributed by atoms with Crippen molar-refractivity contribution in [2.45, 2.75) is 51.0 Å². The molecule has 134 valence electrons. The smallest absolute Gasteiger partial charge is 0.119 e. The third-order valence-electron chi connectivity index (χ3n) is 5.05. The van der Waals surface area contributed by atoms with E-state index in [1.807, 2.05) is 12.1 Å². The first-order valence-electron chi connectivity index (χ1n) is 9.41. The van der Waals surface area contributed by atoms with Gasteiger partial charge in [-0.3, -0.25) is 0 Å². The monoisotopic (exact) mass is 357 g/mol. The lowest BCUT2D eigenvalue weighted by Gasteiger charge is -2.23. The number of halogens is 1. The van der Waals surface area contributed by atoms with Crippen molar-refractivity contribution in [1.82, 2.24) is 5.32 Å². The Bertz CT molecular complexity index is 632. The van der Waals surface area contributed by atoms with Crippen molar-refractivity contribution >= 4 is 11.6 Å². The molecule has 0 spiro atoms. The number of nitrogens with one attached hydrogen (secondary N) is 1. The Morgan fingerprint density at radius 1 is 1.08 bits per heavy atom. The fourth-order valence-corrected chi connectivity index (χ4v) is 3.60. The Kier molecular flexibility index (Phi) is 6.77. The first-order chi connectivity index (χ1) is 12.2. The third-order valence-corrected chi connectivity index (χ3v) is 5.30. The Hall–Kier alpha value is -1.51. The highest BCUT2D eigenvalue weighted by Gasteiger charge is 2.12. The van der Waals surface area contributed by atoms with Crippen molar-refractivity contribution < 1.29 is 4.74 Å². The summed E-state index contributed by atoms with van der Waals surface area (Å²) in [5, 5.41) is 4.36. The van der Waals surface area contributed by atoms with Crippen LogP contribution in [0.3, 0.4) is 0 Å². The van der Waals surface area contributed by atoms with Gasteiger partial charge in [0.2, 0.25) is 0 Å². The summed E-state index contributed by atoms with van der Waals surface area (Å²) in [6.07, 6.45) is 6.05. The van der Waals surface area contributed by atoms with E-state index in [1.165, 1.54) is 30.4 Å². The molecule has 1 fully saturated rings. The highest BCUT2D eigenvalue weighted by atomic mass is 35.5. The SMILES string of the molecule is CC(Cc1ccc(Cl)cc1)c1ccc(OCCC2CCCCN2)cc1. The molecule has 0 aliphatic carbocycles. The fourth-order valence-electron chi connectivity index (χ4n) is 3.47. The van der Waals surface area contributed by atoms with Gasteiger partial charge >= 0.3 is 0 Å². The van der Waals surface area contributed by atoms with E-state index in [4.69, 9.17) is 16.3 Å². The van der Waals surface area contributed by atoms with Crippen molar-refractivity contribution in [2.24, 2.45) is 0 Å². The van der Waals surface area contributed by atoms with Gasteiger partial charge in [0, 0.05) is 11.1 Å². The molecule has 0 amide bonds. The Morgan fingerprint density at radius 2 is 1.84 bits per heavy atom. The van der Waals surface area contributed by atoms with Crippen LogP contribution in [-0.2, 0) is 6.42 Å². The highest BCUT2D eigenvalue weighted by molar-refractivity contribution is 6.30. The van der Waals surface area contributed by atoms with Gasteiger partial charge in [-0.15, -0.1) is 0 Å². The van der Waals surface area contributed by atoms with Gasteiger partial charge < -0.3 is 10.1 Å². The average Bonchev–Trinajstić information content (AvgIpc) is 2.65. The Balaban J connectivity index is 1.46. The molecule has 1 N–H and O–H groups in total. The molecule has 2 unspecified atom stereocenters. The van der Waals surface area contributed by atoms with Gasteiger partial charge in [-0.1, -0.05) is 49.2 Å². The number of rotatable bonds is 7. The Morgan fingerprint density at radius 3 is 2.52 bits per heavy atom. The minimum Gasteiger partial charge on any atom is -0.494 e. The number of piperidine rings is 1. The molecule has 1 heterocycles. The lowest BCUT2D eigenvalue weighted by atomic mass is 9.94. The van der Waals surface area contributed by atoms with Crippen LogP contribution >= 0.6 is 11.6 Å². The molecular formula is C22H28ClNO. The molecule has 0 saturated carbocycles. The van der Waals surface area contributed by atoms with Crippen LogP contribution in [-0.4, -0.2) is 19.2 Å². The van der Waals surface area contributed by atoms with E-state index in [9.17, 15) is 0 Å². The maximum atomic E-state index is 5.96. The number of benzene rings is 2. The van der Waals surface area contributed by atoms with E-state index in [0.29, 0.717) is 12.0 Å². The molecular weight excluding hydrogens is 330 g/mol. The van der Waals surface area contributed by atoms with E-state index in [2.05, 4.69) is 48.6 Å². The minimum absolute atomic E-state index is 0.474. The minimum atomic E-state index is 0.474. The quantitative estimate of drug-likeness (QED) is 0.696. The summed E-state index contributed by atoms with van der Waals surface area (Å²) in [6, 6.07) is 17.3. The molecule has 2 nitrogen and oxygen atoms in total. The van der Waals surface area contributed by atoms with E-state index >= 15 is 0 Å². The molecule has 0 radical (unpaired) electrons. The van der Waals surface area contributed by atoms with E-state index in [1.54, 1.807) is 0 Å². The van der Waals surface area contributed by atoms with Crippen molar-refractivity contribution in [1.29, 1.82) is 0 Å². The number of hydrogen-bond donors (Lipinski definition) is 1. The van der Waals surface area contributed by atoms with Crippen molar-refractivity contribution in [2.75, 3.05) is 13.2 Å². The molecule has 0 bridgehead atoms. The van der Waals surface area contributed by atoms with Gasteiger partial charge in [0.15, 0.2) is 0 Å². The van der Waals surface area contributed by atoms with E-state index in [0.717, 1.165) is 36.8 Å². The van der Waals surface area contributed by atoms with Crippen LogP contribution in [0.4, 0.5) is 0 Å². The topological polar surface area (TPSA) is 21.3 Å². The van der Waals surface area contributed by atoms with Gasteiger partial charge in [-0.2, -0.15) is 0 Å². The molecule has 2 aromatic carbocycles. The second-order valence-corrected chi connectivity index (χ2v) is 7.52. The maximum Gasteiger partial charge on any atom is 0.119 e. The molecule has 2 aromatic rings. The predicted octanol–water partition coefficient (Wildman–Crippen LogP) is 5.60. The van der Waals surface area contributed by atoms with E-state index < -0.39 is 0 Å². The van der Waals surface area contributed by atoms with Gasteiger partial charge in [0.25, 0.3) is 0 Å². The molecule has 25 heavy (non-hydrogen) atoms. The fraction of sp³-hybridized carbons (Fsp3) is 0.455. The lowest BCUT2D eigenvalue weighted by Crippen LogP contribution is -2.35. The van der Waals surface area contributed by atoms with Gasteiger partial charge in [-0.05, 0) is 73.5 Å². The zero-order valence-electron chi connectivity index (χ0n) is 15.0. The second kappa shape index (κ2) is 9.26. The Labute approximate surface area is 156 Å². The predicted molar refractivity (Wildman–Crippen MR) is 106 cm³/mol. The lowest BCUT2D eigenvalue weighted by molar-refractivity contribution is 0.268. The molecule has 1 aliphatic rings. The van der Waals surface area contributed by atoms with Crippen molar-refractivity contribution in [3.05, 3.63) is 64.7 Å². The van der Waals surface area contributed by atoms with Crippen molar-refractivity contribution in [3.63, 3.8) is 0 Å². The molecule has 0 aromatic heterocycles. The first-order valence-corrected chi connectivity index (χ1v) is 9.79. The standard InChI is InChI=1S/C22H28ClNO/c1-17(16-18-5-9-20(23)10-6-18)19-7-11-22(12-8-19)25-15-13-21-4-2-3-14-24-21/h5-12,17,21,24H,2-4,13-16H2,1H3. The van der Waals surface area contributed by atoms with Crippen LogP contribution in [0.5, 0.6) is 5.75 Å². The second-order valence-electron chi connectivity index (χ2n) is 7.08. The van der Waals surface area contributed by atoms with Gasteiger partial charge in [0.05, 0.1) is 6.61 Å². The van der Waals surface area contributed by atoms with Crippen LogP contribution in [0, 0.1) is 0 Å². The zero-order valence-corrected chi connectivity index (χ0v) is 15.8. The van der Waals surface area contributed by atoms with Crippen LogP contribution in [0.25, 0.3) is 0 Å². The average molecular weight is 358 g/mol. The van der Waals surface area contributed by atoms with Gasteiger partial charge in [0.1, 0.15) is 5.75 Å².